The molecule has 1 atom stereocenters. The van der Waals surface area contributed by atoms with Crippen molar-refractivity contribution >= 4 is 0 Å². The van der Waals surface area contributed by atoms with E-state index in [1.165, 1.54) is 15.9 Å². The van der Waals surface area contributed by atoms with Crippen molar-refractivity contribution in [2.75, 3.05) is 13.6 Å². The van der Waals surface area contributed by atoms with Gasteiger partial charge in [0.15, 0.2) is 5.82 Å². The largest absolute Gasteiger partial charge is 0.319 e. The van der Waals surface area contributed by atoms with Crippen LogP contribution < -0.4 is 5.32 Å². The molecule has 5 nitrogen and oxygen atoms in total. The van der Waals surface area contributed by atoms with Crippen LogP contribution >= 0.6 is 0 Å². The van der Waals surface area contributed by atoms with Crippen molar-refractivity contribution in [1.82, 2.24) is 25.5 Å². The average molecular weight is 231 g/mol. The topological polar surface area (TPSA) is 55.6 Å². The van der Waals surface area contributed by atoms with E-state index in [1.54, 1.807) is 7.05 Å². The molecular formula is C12H17N5. The summed E-state index contributed by atoms with van der Waals surface area (Å²) in [7, 11) is 3.71. The van der Waals surface area contributed by atoms with Crippen LogP contribution in [0.25, 0.3) is 0 Å². The Balaban J connectivity index is 2.39. The number of nitrogens with zero attached hydrogens (tertiary/aromatic N) is 4. The predicted molar refractivity (Wildman–Crippen MR) is 65.7 cm³/mol. The highest BCUT2D eigenvalue weighted by molar-refractivity contribution is 5.33. The van der Waals surface area contributed by atoms with Crippen molar-refractivity contribution in [2.45, 2.75) is 12.8 Å². The molecule has 17 heavy (non-hydrogen) atoms. The Kier molecular flexibility index (Phi) is 3.49. The molecule has 2 rings (SSSR count). The maximum absolute atomic E-state index is 4.30. The number of likely N-dealkylation sites (N-methyl/N-ethyl adjacent to an activating group) is 1. The van der Waals surface area contributed by atoms with E-state index in [9.17, 15) is 0 Å². The van der Waals surface area contributed by atoms with Crippen molar-refractivity contribution < 1.29 is 0 Å². The van der Waals surface area contributed by atoms with E-state index in [1.807, 2.05) is 19.2 Å². The summed E-state index contributed by atoms with van der Waals surface area (Å²) in [5.74, 6) is 0.908. The maximum Gasteiger partial charge on any atom is 0.183 e. The molecule has 0 saturated heterocycles. The molecule has 0 amide bonds. The van der Waals surface area contributed by atoms with Gasteiger partial charge in [-0.25, -0.2) is 0 Å². The quantitative estimate of drug-likeness (QED) is 0.848. The normalized spacial score (nSPS) is 12.6. The molecule has 2 aromatic rings. The van der Waals surface area contributed by atoms with Crippen molar-refractivity contribution in [3.63, 3.8) is 0 Å². The predicted octanol–water partition coefficient (Wildman–Crippen LogP) is 0.870. The molecule has 0 fully saturated rings. The SMILES string of the molecule is CNCC(c1nnn(C)n1)c1ccccc1C. The van der Waals surface area contributed by atoms with Crippen LogP contribution in [0.4, 0.5) is 0 Å². The zero-order valence-electron chi connectivity index (χ0n) is 10.4. The molecular weight excluding hydrogens is 214 g/mol. The smallest absolute Gasteiger partial charge is 0.183 e. The molecule has 1 aromatic carbocycles. The molecule has 1 heterocycles. The summed E-state index contributed by atoms with van der Waals surface area (Å²) in [6, 6.07) is 8.31. The second-order valence-corrected chi connectivity index (χ2v) is 4.10. The van der Waals surface area contributed by atoms with Crippen LogP contribution in [0.1, 0.15) is 22.9 Å². The summed E-state index contributed by atoms with van der Waals surface area (Å²) in [6.07, 6.45) is 0. The zero-order chi connectivity index (χ0) is 12.3. The molecule has 0 aliphatic carbocycles. The van der Waals surface area contributed by atoms with Gasteiger partial charge >= 0.3 is 0 Å². The van der Waals surface area contributed by atoms with Gasteiger partial charge in [-0.05, 0) is 30.3 Å². The minimum atomic E-state index is 0.148. The van der Waals surface area contributed by atoms with Crippen LogP contribution in [-0.4, -0.2) is 33.8 Å². The summed E-state index contributed by atoms with van der Waals surface area (Å²) < 4.78 is 0. The maximum atomic E-state index is 4.30. The molecule has 1 unspecified atom stereocenters. The average Bonchev–Trinajstić information content (AvgIpc) is 2.74. The van der Waals surface area contributed by atoms with Gasteiger partial charge in [-0.15, -0.1) is 10.2 Å². The summed E-state index contributed by atoms with van der Waals surface area (Å²) in [5.41, 5.74) is 2.50. The fourth-order valence-electron chi connectivity index (χ4n) is 1.96. The molecule has 5 heteroatoms. The Hall–Kier alpha value is -1.75. The summed E-state index contributed by atoms with van der Waals surface area (Å²) >= 11 is 0. The Bertz CT molecular complexity index is 491. The van der Waals surface area contributed by atoms with Gasteiger partial charge in [0, 0.05) is 6.54 Å². The lowest BCUT2D eigenvalue weighted by atomic mass is 9.94. The van der Waals surface area contributed by atoms with Gasteiger partial charge in [-0.2, -0.15) is 4.80 Å². The fraction of sp³-hybridized carbons (Fsp3) is 0.417. The van der Waals surface area contributed by atoms with Gasteiger partial charge in [0.1, 0.15) is 0 Å². The number of hydrogen-bond acceptors (Lipinski definition) is 4. The third-order valence-corrected chi connectivity index (χ3v) is 2.81. The lowest BCUT2D eigenvalue weighted by molar-refractivity contribution is 0.619. The van der Waals surface area contributed by atoms with E-state index in [-0.39, 0.29) is 5.92 Å². The van der Waals surface area contributed by atoms with Crippen LogP contribution in [0.3, 0.4) is 0 Å². The van der Waals surface area contributed by atoms with Crippen molar-refractivity contribution in [3.8, 4) is 0 Å². The first-order valence-electron chi connectivity index (χ1n) is 5.66. The minimum absolute atomic E-state index is 0.148. The summed E-state index contributed by atoms with van der Waals surface area (Å²) in [4.78, 5) is 1.50. The third-order valence-electron chi connectivity index (χ3n) is 2.81. The van der Waals surface area contributed by atoms with Crippen LogP contribution in [0.5, 0.6) is 0 Å². The van der Waals surface area contributed by atoms with Crippen molar-refractivity contribution in [1.29, 1.82) is 0 Å². The lowest BCUT2D eigenvalue weighted by Crippen LogP contribution is -2.20. The number of hydrogen-bond donors (Lipinski definition) is 1. The van der Waals surface area contributed by atoms with E-state index in [4.69, 9.17) is 0 Å². The molecule has 0 spiro atoms. The highest BCUT2D eigenvalue weighted by Gasteiger charge is 2.19. The second-order valence-electron chi connectivity index (χ2n) is 4.10. The first kappa shape index (κ1) is 11.7. The number of benzene rings is 1. The van der Waals surface area contributed by atoms with E-state index in [0.717, 1.165) is 12.4 Å². The minimum Gasteiger partial charge on any atom is -0.319 e. The van der Waals surface area contributed by atoms with Gasteiger partial charge in [-0.3, -0.25) is 0 Å². The zero-order valence-corrected chi connectivity index (χ0v) is 10.4. The molecule has 90 valence electrons. The number of tetrazole rings is 1. The monoisotopic (exact) mass is 231 g/mol. The Morgan fingerprint density at radius 3 is 2.71 bits per heavy atom. The van der Waals surface area contributed by atoms with Gasteiger partial charge in [0.2, 0.25) is 0 Å². The van der Waals surface area contributed by atoms with Gasteiger partial charge in [-0.1, -0.05) is 24.3 Å². The molecule has 1 aromatic heterocycles. The van der Waals surface area contributed by atoms with Crippen LogP contribution in [0, 0.1) is 6.92 Å². The number of nitrogens with one attached hydrogen (secondary N) is 1. The highest BCUT2D eigenvalue weighted by Crippen LogP contribution is 2.23. The van der Waals surface area contributed by atoms with Crippen LogP contribution in [0.2, 0.25) is 0 Å². The Labute approximate surface area is 101 Å². The number of aromatic nitrogens is 4. The Morgan fingerprint density at radius 1 is 1.35 bits per heavy atom. The third kappa shape index (κ3) is 2.50. The highest BCUT2D eigenvalue weighted by atomic mass is 15.6. The van der Waals surface area contributed by atoms with E-state index >= 15 is 0 Å². The summed E-state index contributed by atoms with van der Waals surface area (Å²) in [6.45, 7) is 2.91. The van der Waals surface area contributed by atoms with Crippen molar-refractivity contribution in [3.05, 3.63) is 41.2 Å². The lowest BCUT2D eigenvalue weighted by Gasteiger charge is -2.15. The van der Waals surface area contributed by atoms with Crippen molar-refractivity contribution in [2.24, 2.45) is 7.05 Å². The number of rotatable bonds is 4. The molecule has 0 aliphatic rings. The number of aryl methyl sites for hydroxylation is 2. The standard InChI is InChI=1S/C12H17N5/c1-9-6-4-5-7-10(9)11(8-13-2)12-14-16-17(3)15-12/h4-7,11,13H,8H2,1-3H3. The molecule has 0 aliphatic heterocycles. The first-order chi connectivity index (χ1) is 8.22. The van der Waals surface area contributed by atoms with E-state index in [2.05, 4.69) is 39.8 Å². The molecule has 1 N–H and O–H groups in total. The first-order valence-corrected chi connectivity index (χ1v) is 5.66. The molecule has 0 radical (unpaired) electrons. The van der Waals surface area contributed by atoms with Gasteiger partial charge < -0.3 is 5.32 Å². The van der Waals surface area contributed by atoms with Gasteiger partial charge in [0.05, 0.1) is 13.0 Å². The molecule has 0 bridgehead atoms. The van der Waals surface area contributed by atoms with Crippen LogP contribution in [-0.2, 0) is 7.05 Å². The second kappa shape index (κ2) is 5.05. The summed E-state index contributed by atoms with van der Waals surface area (Å²) in [5, 5.41) is 15.5. The van der Waals surface area contributed by atoms with Gasteiger partial charge in [0.25, 0.3) is 0 Å². The van der Waals surface area contributed by atoms with E-state index < -0.39 is 0 Å². The Morgan fingerprint density at radius 2 is 2.12 bits per heavy atom. The fourth-order valence-corrected chi connectivity index (χ4v) is 1.96. The van der Waals surface area contributed by atoms with Crippen LogP contribution in [0.15, 0.2) is 24.3 Å². The molecule has 0 saturated carbocycles. The van der Waals surface area contributed by atoms with E-state index in [0.29, 0.717) is 0 Å².